The predicted molar refractivity (Wildman–Crippen MR) is 69.5 cm³/mol. The van der Waals surface area contributed by atoms with E-state index in [1.807, 2.05) is 12.1 Å². The summed E-state index contributed by atoms with van der Waals surface area (Å²) in [5, 5.41) is 19.1. The van der Waals surface area contributed by atoms with Gasteiger partial charge in [0.1, 0.15) is 11.9 Å². The molecule has 0 amide bonds. The van der Waals surface area contributed by atoms with Crippen LogP contribution in [0, 0.1) is 17.8 Å². The molecule has 0 aliphatic heterocycles. The first-order chi connectivity index (χ1) is 9.35. The van der Waals surface area contributed by atoms with Gasteiger partial charge in [-0.15, -0.1) is 0 Å². The van der Waals surface area contributed by atoms with Gasteiger partial charge in [-0.1, -0.05) is 0 Å². The maximum absolute atomic E-state index is 8.75. The molecule has 19 heavy (non-hydrogen) atoms. The van der Waals surface area contributed by atoms with Gasteiger partial charge in [-0.2, -0.15) is 10.4 Å². The highest BCUT2D eigenvalue weighted by molar-refractivity contribution is 5.52. The standard InChI is InChI=1S/C13H13N6/c14-8-13-15-6-5-11(17-13)16-12-7-10(18-19-12)9-3-1-2-4-9/h1,5-7,9H,2-4H2,(H2,15,16,17,18,19)/t9-/m0/s1. The molecule has 2 N–H and O–H groups in total. The summed E-state index contributed by atoms with van der Waals surface area (Å²) >= 11 is 0. The van der Waals surface area contributed by atoms with Gasteiger partial charge in [0.15, 0.2) is 5.82 Å². The van der Waals surface area contributed by atoms with Crippen LogP contribution in [0.5, 0.6) is 0 Å². The van der Waals surface area contributed by atoms with Gasteiger partial charge in [0, 0.05) is 23.9 Å². The highest BCUT2D eigenvalue weighted by Crippen LogP contribution is 2.33. The highest BCUT2D eigenvalue weighted by Gasteiger charge is 2.19. The SMILES string of the molecule is N#Cc1nccc(Nc2cc([C@H]3C[CH]CC3)[nH]n2)n1. The smallest absolute Gasteiger partial charge is 0.234 e. The molecule has 6 nitrogen and oxygen atoms in total. The Morgan fingerprint density at radius 3 is 3.16 bits per heavy atom. The van der Waals surface area contributed by atoms with Crippen molar-refractivity contribution >= 4 is 11.6 Å². The number of nitrogens with one attached hydrogen (secondary N) is 2. The number of hydrogen-bond acceptors (Lipinski definition) is 5. The van der Waals surface area contributed by atoms with E-state index in [1.54, 1.807) is 12.3 Å². The monoisotopic (exact) mass is 253 g/mol. The average molecular weight is 253 g/mol. The van der Waals surface area contributed by atoms with E-state index >= 15 is 0 Å². The van der Waals surface area contributed by atoms with E-state index in [-0.39, 0.29) is 5.82 Å². The zero-order valence-electron chi connectivity index (χ0n) is 10.3. The minimum absolute atomic E-state index is 0.145. The predicted octanol–water partition coefficient (Wildman–Crippen LogP) is 2.29. The van der Waals surface area contributed by atoms with Crippen LogP contribution in [0.2, 0.25) is 0 Å². The minimum atomic E-state index is 0.145. The summed E-state index contributed by atoms with van der Waals surface area (Å²) in [6, 6.07) is 5.61. The Morgan fingerprint density at radius 1 is 1.42 bits per heavy atom. The van der Waals surface area contributed by atoms with Crippen molar-refractivity contribution in [3.63, 3.8) is 0 Å². The number of aromatic nitrogens is 4. The van der Waals surface area contributed by atoms with Gasteiger partial charge in [-0.3, -0.25) is 5.10 Å². The molecule has 0 aromatic carbocycles. The van der Waals surface area contributed by atoms with E-state index in [9.17, 15) is 0 Å². The number of hydrogen-bond donors (Lipinski definition) is 2. The molecule has 2 aromatic heterocycles. The Bertz CT molecular complexity index is 606. The van der Waals surface area contributed by atoms with E-state index in [2.05, 4.69) is 31.9 Å². The quantitative estimate of drug-likeness (QED) is 0.875. The topological polar surface area (TPSA) is 90.3 Å². The molecule has 2 heterocycles. The summed E-state index contributed by atoms with van der Waals surface area (Å²) in [5.74, 6) is 1.97. The Balaban J connectivity index is 1.74. The van der Waals surface area contributed by atoms with Crippen molar-refractivity contribution in [2.24, 2.45) is 0 Å². The van der Waals surface area contributed by atoms with Crippen molar-refractivity contribution in [1.82, 2.24) is 20.2 Å². The number of nitrogens with zero attached hydrogens (tertiary/aromatic N) is 4. The fraction of sp³-hybridized carbons (Fsp3) is 0.308. The molecular weight excluding hydrogens is 240 g/mol. The molecule has 1 aliphatic rings. The third-order valence-corrected chi connectivity index (χ3v) is 3.22. The molecule has 0 unspecified atom stereocenters. The molecule has 0 bridgehead atoms. The first-order valence-electron chi connectivity index (χ1n) is 6.22. The van der Waals surface area contributed by atoms with Crippen LogP contribution in [0.4, 0.5) is 11.6 Å². The van der Waals surface area contributed by atoms with Crippen LogP contribution in [0.1, 0.15) is 36.7 Å². The van der Waals surface area contributed by atoms with Gasteiger partial charge in [0.2, 0.25) is 5.82 Å². The summed E-state index contributed by atoms with van der Waals surface area (Å²) in [4.78, 5) is 7.87. The summed E-state index contributed by atoms with van der Waals surface area (Å²) in [7, 11) is 0. The normalized spacial score (nSPS) is 15.3. The number of anilines is 2. The molecule has 1 fully saturated rings. The first-order valence-corrected chi connectivity index (χ1v) is 6.22. The Morgan fingerprint density at radius 2 is 2.37 bits per heavy atom. The van der Waals surface area contributed by atoms with Crippen molar-refractivity contribution in [1.29, 1.82) is 5.26 Å². The number of rotatable bonds is 3. The van der Waals surface area contributed by atoms with Crippen molar-refractivity contribution in [3.8, 4) is 6.07 Å². The lowest BCUT2D eigenvalue weighted by Crippen LogP contribution is -1.96. The van der Waals surface area contributed by atoms with Crippen molar-refractivity contribution in [3.05, 3.63) is 36.3 Å². The fourth-order valence-electron chi connectivity index (χ4n) is 2.26. The molecule has 1 saturated carbocycles. The Kier molecular flexibility index (Phi) is 3.11. The third-order valence-electron chi connectivity index (χ3n) is 3.22. The van der Waals surface area contributed by atoms with Gasteiger partial charge < -0.3 is 5.32 Å². The van der Waals surface area contributed by atoms with Crippen LogP contribution >= 0.6 is 0 Å². The van der Waals surface area contributed by atoms with E-state index in [1.165, 1.54) is 12.8 Å². The Labute approximate surface area is 110 Å². The van der Waals surface area contributed by atoms with Gasteiger partial charge in [0.25, 0.3) is 0 Å². The third kappa shape index (κ3) is 2.55. The lowest BCUT2D eigenvalue weighted by Gasteiger charge is -2.03. The molecule has 6 heteroatoms. The molecule has 1 radical (unpaired) electrons. The van der Waals surface area contributed by atoms with Gasteiger partial charge >= 0.3 is 0 Å². The maximum atomic E-state index is 8.75. The fourth-order valence-corrected chi connectivity index (χ4v) is 2.26. The maximum Gasteiger partial charge on any atom is 0.234 e. The second-order valence-corrected chi connectivity index (χ2v) is 4.51. The number of H-pyrrole nitrogens is 1. The van der Waals surface area contributed by atoms with Crippen molar-refractivity contribution in [2.45, 2.75) is 25.2 Å². The van der Waals surface area contributed by atoms with E-state index in [0.29, 0.717) is 17.6 Å². The molecule has 1 aliphatic carbocycles. The second-order valence-electron chi connectivity index (χ2n) is 4.51. The average Bonchev–Trinajstić information content (AvgIpc) is 3.09. The minimum Gasteiger partial charge on any atom is -0.323 e. The van der Waals surface area contributed by atoms with Gasteiger partial charge in [-0.05, 0) is 31.7 Å². The Hall–Kier alpha value is -2.42. The van der Waals surface area contributed by atoms with E-state index < -0.39 is 0 Å². The molecular formula is C13H13N6. The largest absolute Gasteiger partial charge is 0.323 e. The molecule has 1 atom stereocenters. The van der Waals surface area contributed by atoms with Gasteiger partial charge in [0.05, 0.1) is 0 Å². The zero-order valence-corrected chi connectivity index (χ0v) is 10.3. The van der Waals surface area contributed by atoms with Gasteiger partial charge in [-0.25, -0.2) is 9.97 Å². The van der Waals surface area contributed by atoms with Crippen LogP contribution in [0.25, 0.3) is 0 Å². The van der Waals surface area contributed by atoms with Crippen LogP contribution < -0.4 is 5.32 Å². The molecule has 2 aromatic rings. The number of nitriles is 1. The lowest BCUT2D eigenvalue weighted by molar-refractivity contribution is 0.699. The second kappa shape index (κ2) is 5.06. The molecule has 0 spiro atoms. The molecule has 3 rings (SSSR count). The first kappa shape index (κ1) is 11.7. The van der Waals surface area contributed by atoms with Crippen LogP contribution in [-0.4, -0.2) is 20.2 Å². The van der Waals surface area contributed by atoms with Crippen LogP contribution in [-0.2, 0) is 0 Å². The van der Waals surface area contributed by atoms with E-state index in [0.717, 1.165) is 12.1 Å². The van der Waals surface area contributed by atoms with Crippen molar-refractivity contribution < 1.29 is 0 Å². The summed E-state index contributed by atoms with van der Waals surface area (Å²) < 4.78 is 0. The molecule has 0 saturated heterocycles. The van der Waals surface area contributed by atoms with Crippen molar-refractivity contribution in [2.75, 3.05) is 5.32 Å². The van der Waals surface area contributed by atoms with Crippen LogP contribution in [0.3, 0.4) is 0 Å². The van der Waals surface area contributed by atoms with Crippen LogP contribution in [0.15, 0.2) is 18.3 Å². The highest BCUT2D eigenvalue weighted by atomic mass is 15.2. The van der Waals surface area contributed by atoms with E-state index in [4.69, 9.17) is 5.26 Å². The zero-order chi connectivity index (χ0) is 13.1. The number of aromatic amines is 1. The summed E-state index contributed by atoms with van der Waals surface area (Å²) in [5.41, 5.74) is 1.14. The lowest BCUT2D eigenvalue weighted by atomic mass is 10.0. The summed E-state index contributed by atoms with van der Waals surface area (Å²) in [6.45, 7) is 0. The molecule has 95 valence electrons. The summed E-state index contributed by atoms with van der Waals surface area (Å²) in [6.07, 6.45) is 7.31.